The SMILES string of the molecule is Cc1cccc(OCCCCC(=O)NCc2ccc(Br)s2)c1. The second kappa shape index (κ2) is 8.96. The number of ether oxygens (including phenoxy) is 1. The zero-order valence-corrected chi connectivity index (χ0v) is 15.0. The molecule has 0 aliphatic heterocycles. The minimum absolute atomic E-state index is 0.0973. The fourth-order valence-corrected chi connectivity index (χ4v) is 3.43. The molecule has 1 amide bonds. The fraction of sp³-hybridized carbons (Fsp3) is 0.353. The van der Waals surface area contributed by atoms with Crippen molar-refractivity contribution >= 4 is 33.2 Å². The van der Waals surface area contributed by atoms with Crippen LogP contribution in [0.1, 0.15) is 29.7 Å². The summed E-state index contributed by atoms with van der Waals surface area (Å²) >= 11 is 5.06. The molecule has 1 aromatic carbocycles. The van der Waals surface area contributed by atoms with Crippen LogP contribution in [-0.2, 0) is 11.3 Å². The lowest BCUT2D eigenvalue weighted by Crippen LogP contribution is -2.21. The molecular formula is C17H20BrNO2S. The Balaban J connectivity index is 1.55. The van der Waals surface area contributed by atoms with Crippen molar-refractivity contribution in [2.24, 2.45) is 0 Å². The summed E-state index contributed by atoms with van der Waals surface area (Å²) in [5.74, 6) is 0.993. The monoisotopic (exact) mass is 381 g/mol. The van der Waals surface area contributed by atoms with Crippen LogP contribution in [0.2, 0.25) is 0 Å². The third-order valence-corrected chi connectivity index (χ3v) is 4.77. The fourth-order valence-electron chi connectivity index (χ4n) is 2.00. The lowest BCUT2D eigenvalue weighted by atomic mass is 10.2. The number of carbonyl (C=O) groups excluding carboxylic acids is 1. The van der Waals surface area contributed by atoms with Gasteiger partial charge in [0.2, 0.25) is 5.91 Å². The van der Waals surface area contributed by atoms with Gasteiger partial charge in [-0.25, -0.2) is 0 Å². The lowest BCUT2D eigenvalue weighted by Gasteiger charge is -2.07. The van der Waals surface area contributed by atoms with Gasteiger partial charge in [-0.05, 0) is 65.5 Å². The number of unbranched alkanes of at least 4 members (excludes halogenated alkanes) is 1. The molecule has 5 heteroatoms. The minimum Gasteiger partial charge on any atom is -0.494 e. The summed E-state index contributed by atoms with van der Waals surface area (Å²) in [6.07, 6.45) is 2.27. The standard InChI is InChI=1S/C17H20BrNO2S/c1-13-5-4-6-14(11-13)21-10-3-2-7-17(20)19-12-15-8-9-16(18)22-15/h4-6,8-9,11H,2-3,7,10,12H2,1H3,(H,19,20). The number of thiophene rings is 1. The first-order chi connectivity index (χ1) is 10.6. The summed E-state index contributed by atoms with van der Waals surface area (Å²) in [5.41, 5.74) is 1.19. The molecule has 1 heterocycles. The molecule has 1 aromatic heterocycles. The highest BCUT2D eigenvalue weighted by atomic mass is 79.9. The van der Waals surface area contributed by atoms with Gasteiger partial charge in [0.05, 0.1) is 16.9 Å². The van der Waals surface area contributed by atoms with E-state index in [-0.39, 0.29) is 5.91 Å². The molecule has 0 spiro atoms. The number of hydrogen-bond donors (Lipinski definition) is 1. The Morgan fingerprint density at radius 2 is 2.14 bits per heavy atom. The molecule has 0 unspecified atom stereocenters. The summed E-state index contributed by atoms with van der Waals surface area (Å²) < 4.78 is 6.75. The number of amides is 1. The van der Waals surface area contributed by atoms with Crippen molar-refractivity contribution in [1.29, 1.82) is 0 Å². The van der Waals surface area contributed by atoms with E-state index in [1.807, 2.05) is 43.3 Å². The predicted octanol–water partition coefficient (Wildman–Crippen LogP) is 4.68. The van der Waals surface area contributed by atoms with E-state index in [1.54, 1.807) is 11.3 Å². The number of benzene rings is 1. The van der Waals surface area contributed by atoms with Crippen molar-refractivity contribution in [1.82, 2.24) is 5.32 Å². The van der Waals surface area contributed by atoms with Gasteiger partial charge in [-0.1, -0.05) is 12.1 Å². The Morgan fingerprint density at radius 3 is 2.86 bits per heavy atom. The summed E-state index contributed by atoms with van der Waals surface area (Å²) in [6.45, 7) is 3.30. The number of aryl methyl sites for hydroxylation is 1. The van der Waals surface area contributed by atoms with Crippen LogP contribution < -0.4 is 10.1 Å². The van der Waals surface area contributed by atoms with Gasteiger partial charge in [-0.15, -0.1) is 11.3 Å². The smallest absolute Gasteiger partial charge is 0.220 e. The Hall–Kier alpha value is -1.33. The molecule has 0 saturated heterocycles. The van der Waals surface area contributed by atoms with Crippen LogP contribution in [0.3, 0.4) is 0 Å². The van der Waals surface area contributed by atoms with Crippen LogP contribution in [0.4, 0.5) is 0 Å². The number of nitrogens with one attached hydrogen (secondary N) is 1. The van der Waals surface area contributed by atoms with Crippen LogP contribution in [0.15, 0.2) is 40.2 Å². The van der Waals surface area contributed by atoms with E-state index in [4.69, 9.17) is 4.74 Å². The van der Waals surface area contributed by atoms with E-state index < -0.39 is 0 Å². The van der Waals surface area contributed by atoms with Gasteiger partial charge in [-0.2, -0.15) is 0 Å². The summed E-state index contributed by atoms with van der Waals surface area (Å²) in [6, 6.07) is 12.0. The summed E-state index contributed by atoms with van der Waals surface area (Å²) in [5, 5.41) is 2.94. The van der Waals surface area contributed by atoms with E-state index in [2.05, 4.69) is 21.2 Å². The van der Waals surface area contributed by atoms with E-state index >= 15 is 0 Å². The molecule has 0 radical (unpaired) electrons. The summed E-state index contributed by atoms with van der Waals surface area (Å²) in [4.78, 5) is 12.9. The van der Waals surface area contributed by atoms with Crippen molar-refractivity contribution < 1.29 is 9.53 Å². The molecule has 118 valence electrons. The molecule has 0 aliphatic rings. The molecule has 22 heavy (non-hydrogen) atoms. The second-order valence-corrected chi connectivity index (χ2v) is 7.65. The van der Waals surface area contributed by atoms with Gasteiger partial charge in [0.25, 0.3) is 0 Å². The van der Waals surface area contributed by atoms with Crippen molar-refractivity contribution in [2.75, 3.05) is 6.61 Å². The highest BCUT2D eigenvalue weighted by Gasteiger charge is 2.03. The number of carbonyl (C=O) groups is 1. The number of halogens is 1. The Labute approximate surface area is 143 Å². The van der Waals surface area contributed by atoms with Crippen LogP contribution in [0.25, 0.3) is 0 Å². The van der Waals surface area contributed by atoms with Gasteiger partial charge in [0, 0.05) is 11.3 Å². The van der Waals surface area contributed by atoms with Crippen LogP contribution in [0.5, 0.6) is 5.75 Å². The maximum absolute atomic E-state index is 11.7. The molecule has 0 atom stereocenters. The van der Waals surface area contributed by atoms with Crippen LogP contribution in [0, 0.1) is 6.92 Å². The maximum atomic E-state index is 11.7. The van der Waals surface area contributed by atoms with Crippen LogP contribution in [-0.4, -0.2) is 12.5 Å². The third-order valence-electron chi connectivity index (χ3n) is 3.15. The molecule has 0 aliphatic carbocycles. The molecule has 0 fully saturated rings. The number of rotatable bonds is 8. The van der Waals surface area contributed by atoms with Crippen molar-refractivity contribution in [2.45, 2.75) is 32.7 Å². The first kappa shape index (κ1) is 17.0. The van der Waals surface area contributed by atoms with Crippen molar-refractivity contribution in [3.63, 3.8) is 0 Å². The maximum Gasteiger partial charge on any atom is 0.220 e. The first-order valence-corrected chi connectivity index (χ1v) is 8.95. The highest BCUT2D eigenvalue weighted by molar-refractivity contribution is 9.11. The number of hydrogen-bond acceptors (Lipinski definition) is 3. The zero-order valence-electron chi connectivity index (χ0n) is 12.6. The average Bonchev–Trinajstić information content (AvgIpc) is 2.90. The quantitative estimate of drug-likeness (QED) is 0.673. The van der Waals surface area contributed by atoms with Gasteiger partial charge < -0.3 is 10.1 Å². The lowest BCUT2D eigenvalue weighted by molar-refractivity contribution is -0.121. The van der Waals surface area contributed by atoms with E-state index in [1.165, 1.54) is 5.56 Å². The van der Waals surface area contributed by atoms with E-state index in [0.717, 1.165) is 27.3 Å². The van der Waals surface area contributed by atoms with Gasteiger partial charge >= 0.3 is 0 Å². The molecule has 2 aromatic rings. The van der Waals surface area contributed by atoms with Crippen molar-refractivity contribution in [3.05, 3.63) is 50.6 Å². The second-order valence-electron chi connectivity index (χ2n) is 5.10. The Morgan fingerprint density at radius 1 is 1.27 bits per heavy atom. The topological polar surface area (TPSA) is 38.3 Å². The van der Waals surface area contributed by atoms with E-state index in [0.29, 0.717) is 19.6 Å². The molecule has 0 bridgehead atoms. The minimum atomic E-state index is 0.0973. The Bertz CT molecular complexity index is 612. The highest BCUT2D eigenvalue weighted by Crippen LogP contribution is 2.21. The average molecular weight is 382 g/mol. The molecule has 2 rings (SSSR count). The van der Waals surface area contributed by atoms with Gasteiger partial charge in [0.15, 0.2) is 0 Å². The van der Waals surface area contributed by atoms with Gasteiger partial charge in [-0.3, -0.25) is 4.79 Å². The molecule has 1 N–H and O–H groups in total. The summed E-state index contributed by atoms with van der Waals surface area (Å²) in [7, 11) is 0. The third kappa shape index (κ3) is 6.20. The predicted molar refractivity (Wildman–Crippen MR) is 94.4 cm³/mol. The Kier molecular flexibility index (Phi) is 6.93. The molecular weight excluding hydrogens is 362 g/mol. The molecule has 3 nitrogen and oxygen atoms in total. The molecule has 0 saturated carbocycles. The van der Waals surface area contributed by atoms with Gasteiger partial charge in [0.1, 0.15) is 5.75 Å². The van der Waals surface area contributed by atoms with E-state index in [9.17, 15) is 4.79 Å². The van der Waals surface area contributed by atoms with Crippen LogP contribution >= 0.6 is 27.3 Å². The zero-order chi connectivity index (χ0) is 15.8. The van der Waals surface area contributed by atoms with Crippen molar-refractivity contribution in [3.8, 4) is 5.75 Å². The normalized spacial score (nSPS) is 10.5. The largest absolute Gasteiger partial charge is 0.494 e. The first-order valence-electron chi connectivity index (χ1n) is 7.34.